The summed E-state index contributed by atoms with van der Waals surface area (Å²) in [4.78, 5) is 33.5. The lowest BCUT2D eigenvalue weighted by molar-refractivity contribution is -0.118. The highest BCUT2D eigenvalue weighted by molar-refractivity contribution is 7.99. The Morgan fingerprint density at radius 3 is 2.63 bits per heavy atom. The third kappa shape index (κ3) is 4.77. The number of benzene rings is 3. The summed E-state index contributed by atoms with van der Waals surface area (Å²) in [6.07, 6.45) is 4.16. The monoisotopic (exact) mass is 538 g/mol. The smallest absolute Gasteiger partial charge is 0.267 e. The Morgan fingerprint density at radius 1 is 1.03 bits per heavy atom. The van der Waals surface area contributed by atoms with Crippen molar-refractivity contribution in [3.05, 3.63) is 99.2 Å². The minimum absolute atomic E-state index is 0.0614. The van der Waals surface area contributed by atoms with Gasteiger partial charge in [0, 0.05) is 4.88 Å². The molecule has 190 valence electrons. The van der Waals surface area contributed by atoms with Crippen LogP contribution in [0.4, 0.5) is 0 Å². The number of nitrogens with zero attached hydrogens (tertiary/aromatic N) is 3. The van der Waals surface area contributed by atoms with Gasteiger partial charge in [0.2, 0.25) is 0 Å². The highest BCUT2D eigenvalue weighted by atomic mass is 32.2. The Morgan fingerprint density at radius 2 is 1.79 bits per heavy atom. The van der Waals surface area contributed by atoms with Crippen LogP contribution in [0, 0.1) is 0 Å². The van der Waals surface area contributed by atoms with Crippen molar-refractivity contribution in [1.29, 1.82) is 0 Å². The number of thioether (sulfide) groups is 1. The zero-order valence-electron chi connectivity index (χ0n) is 20.9. The third-order valence-corrected chi connectivity index (χ3v) is 8.94. The molecule has 8 heteroatoms. The number of hydrazone groups is 1. The fourth-order valence-electron chi connectivity index (χ4n) is 4.88. The van der Waals surface area contributed by atoms with E-state index >= 15 is 0 Å². The van der Waals surface area contributed by atoms with E-state index in [1.54, 1.807) is 15.9 Å². The van der Waals surface area contributed by atoms with Gasteiger partial charge in [0.05, 0.1) is 22.5 Å². The summed E-state index contributed by atoms with van der Waals surface area (Å²) in [6, 6.07) is 23.8. The van der Waals surface area contributed by atoms with Gasteiger partial charge in [-0.25, -0.2) is 10.4 Å². The number of carbonyl (C=O) groups is 1. The van der Waals surface area contributed by atoms with Crippen LogP contribution in [0.1, 0.15) is 35.8 Å². The van der Waals surface area contributed by atoms with E-state index in [2.05, 4.69) is 34.8 Å². The molecule has 0 unspecified atom stereocenters. The third-order valence-electron chi connectivity index (χ3n) is 6.82. The first-order valence-electron chi connectivity index (χ1n) is 12.7. The van der Waals surface area contributed by atoms with Crippen LogP contribution in [0.3, 0.4) is 0 Å². The van der Waals surface area contributed by atoms with Crippen molar-refractivity contribution >= 4 is 55.7 Å². The zero-order chi connectivity index (χ0) is 26.1. The molecule has 1 N–H and O–H groups in total. The summed E-state index contributed by atoms with van der Waals surface area (Å²) < 4.78 is 1.64. The van der Waals surface area contributed by atoms with Gasteiger partial charge in [0.25, 0.3) is 11.5 Å². The number of nitrogens with one attached hydrogen (secondary N) is 1. The number of carbonyl (C=O) groups excluding carboxylic acids is 1. The molecule has 1 amide bonds. The normalized spacial score (nSPS) is 13.6. The van der Waals surface area contributed by atoms with E-state index in [-0.39, 0.29) is 17.2 Å². The van der Waals surface area contributed by atoms with Crippen LogP contribution in [0.25, 0.3) is 26.7 Å². The van der Waals surface area contributed by atoms with Gasteiger partial charge < -0.3 is 0 Å². The lowest BCUT2D eigenvalue weighted by Crippen LogP contribution is -2.24. The van der Waals surface area contributed by atoms with Crippen LogP contribution in [0.5, 0.6) is 0 Å². The molecule has 6 rings (SSSR count). The Labute approximate surface area is 228 Å². The molecule has 1 aliphatic carbocycles. The number of para-hydroxylation sites is 1. The van der Waals surface area contributed by atoms with E-state index in [0.29, 0.717) is 5.16 Å². The van der Waals surface area contributed by atoms with Gasteiger partial charge in [-0.05, 0) is 72.7 Å². The molecule has 0 saturated heterocycles. The largest absolute Gasteiger partial charge is 0.272 e. The van der Waals surface area contributed by atoms with Crippen molar-refractivity contribution in [3.63, 3.8) is 0 Å². The predicted molar refractivity (Wildman–Crippen MR) is 157 cm³/mol. The van der Waals surface area contributed by atoms with Crippen molar-refractivity contribution in [2.45, 2.75) is 37.8 Å². The number of aromatic nitrogens is 2. The van der Waals surface area contributed by atoms with Gasteiger partial charge in [-0.15, -0.1) is 11.3 Å². The van der Waals surface area contributed by atoms with Crippen molar-refractivity contribution in [1.82, 2.24) is 15.0 Å². The number of rotatable bonds is 6. The van der Waals surface area contributed by atoms with Crippen molar-refractivity contribution < 1.29 is 4.79 Å². The predicted octanol–water partition coefficient (Wildman–Crippen LogP) is 6.11. The zero-order valence-corrected chi connectivity index (χ0v) is 22.6. The first-order chi connectivity index (χ1) is 18.6. The van der Waals surface area contributed by atoms with E-state index in [1.807, 2.05) is 55.5 Å². The summed E-state index contributed by atoms with van der Waals surface area (Å²) >= 11 is 2.87. The molecule has 0 bridgehead atoms. The first-order valence-corrected chi connectivity index (χ1v) is 14.5. The Kier molecular flexibility index (Phi) is 6.82. The lowest BCUT2D eigenvalue weighted by atomic mass is 9.97. The number of fused-ring (bicyclic) bond motifs is 4. The molecule has 3 aromatic carbocycles. The summed E-state index contributed by atoms with van der Waals surface area (Å²) in [5.74, 6) is -0.167. The molecule has 0 fully saturated rings. The quantitative estimate of drug-likeness (QED) is 0.122. The molecule has 38 heavy (non-hydrogen) atoms. The van der Waals surface area contributed by atoms with Crippen LogP contribution >= 0.6 is 23.1 Å². The van der Waals surface area contributed by atoms with Crippen LogP contribution in [0.15, 0.2) is 87.8 Å². The fourth-order valence-corrected chi connectivity index (χ4v) is 6.98. The van der Waals surface area contributed by atoms with Gasteiger partial charge in [-0.1, -0.05) is 66.4 Å². The van der Waals surface area contributed by atoms with Gasteiger partial charge in [0.15, 0.2) is 5.16 Å². The molecule has 0 spiro atoms. The average Bonchev–Trinajstić information content (AvgIpc) is 3.33. The number of hydrogen-bond acceptors (Lipinski definition) is 6. The van der Waals surface area contributed by atoms with Crippen LogP contribution in [-0.2, 0) is 17.6 Å². The summed E-state index contributed by atoms with van der Waals surface area (Å²) in [6.45, 7) is 1.87. The van der Waals surface area contributed by atoms with Crippen molar-refractivity contribution in [3.8, 4) is 5.69 Å². The lowest BCUT2D eigenvalue weighted by Gasteiger charge is -2.13. The minimum Gasteiger partial charge on any atom is -0.272 e. The van der Waals surface area contributed by atoms with Gasteiger partial charge in [-0.2, -0.15) is 5.10 Å². The van der Waals surface area contributed by atoms with E-state index in [1.165, 1.54) is 16.6 Å². The maximum Gasteiger partial charge on any atom is 0.267 e. The maximum absolute atomic E-state index is 13.8. The number of thiophene rings is 1. The SMILES string of the molecule is C/C(=N/NC(=O)CSc1nc2sc3c(c2c(=O)n1-c1ccccc1)CCCC3)c1ccc2ccccc2c1. The molecule has 2 aromatic heterocycles. The second-order valence-electron chi connectivity index (χ2n) is 9.34. The summed E-state index contributed by atoms with van der Waals surface area (Å²) in [5.41, 5.74) is 6.18. The summed E-state index contributed by atoms with van der Waals surface area (Å²) in [5, 5.41) is 7.85. The van der Waals surface area contributed by atoms with E-state index in [9.17, 15) is 9.59 Å². The van der Waals surface area contributed by atoms with Crippen molar-refractivity contribution in [2.24, 2.45) is 5.10 Å². The fraction of sp³-hybridized carbons (Fsp3) is 0.200. The minimum atomic E-state index is -0.255. The second-order valence-corrected chi connectivity index (χ2v) is 11.4. The van der Waals surface area contributed by atoms with Crippen molar-refractivity contribution in [2.75, 3.05) is 5.75 Å². The molecule has 0 aliphatic heterocycles. The van der Waals surface area contributed by atoms with Gasteiger partial charge in [-0.3, -0.25) is 14.2 Å². The van der Waals surface area contributed by atoms with Crippen LogP contribution in [0.2, 0.25) is 0 Å². The topological polar surface area (TPSA) is 76.3 Å². The highest BCUT2D eigenvalue weighted by Gasteiger charge is 2.23. The Hall–Kier alpha value is -3.75. The molecule has 6 nitrogen and oxygen atoms in total. The van der Waals surface area contributed by atoms with E-state index < -0.39 is 0 Å². The number of amides is 1. The molecule has 0 atom stereocenters. The molecule has 5 aromatic rings. The van der Waals surface area contributed by atoms with Crippen LogP contribution < -0.4 is 11.0 Å². The second kappa shape index (κ2) is 10.6. The Balaban J connectivity index is 1.25. The molecular weight excluding hydrogens is 512 g/mol. The highest BCUT2D eigenvalue weighted by Crippen LogP contribution is 2.35. The number of hydrogen-bond donors (Lipinski definition) is 1. The molecular formula is C30H26N4O2S2. The summed E-state index contributed by atoms with van der Waals surface area (Å²) in [7, 11) is 0. The number of aryl methyl sites for hydroxylation is 2. The maximum atomic E-state index is 13.8. The Bertz CT molecular complexity index is 1760. The molecule has 0 saturated carbocycles. The van der Waals surface area contributed by atoms with Gasteiger partial charge in [0.1, 0.15) is 4.83 Å². The molecule has 0 radical (unpaired) electrons. The first kappa shape index (κ1) is 24.6. The average molecular weight is 539 g/mol. The standard InChI is InChI=1S/C30H26N4O2S2/c1-19(21-16-15-20-9-5-6-10-22(20)17-21)32-33-26(35)18-37-30-31-28-27(24-13-7-8-14-25(24)38-28)29(36)34(30)23-11-3-2-4-12-23/h2-6,9-12,15-17H,7-8,13-14,18H2,1H3,(H,33,35)/b32-19-. The van der Waals surface area contributed by atoms with E-state index in [4.69, 9.17) is 4.98 Å². The van der Waals surface area contributed by atoms with E-state index in [0.717, 1.165) is 69.2 Å². The molecule has 1 aliphatic rings. The molecule has 2 heterocycles. The van der Waals surface area contributed by atoms with Crippen LogP contribution in [-0.4, -0.2) is 26.9 Å². The van der Waals surface area contributed by atoms with Gasteiger partial charge >= 0.3 is 0 Å².